The van der Waals surface area contributed by atoms with Gasteiger partial charge in [0.2, 0.25) is 16.0 Å². The minimum absolute atomic E-state index is 0.148. The summed E-state index contributed by atoms with van der Waals surface area (Å²) in [5, 5.41) is 0. The van der Waals surface area contributed by atoms with Gasteiger partial charge < -0.3 is 9.80 Å². The molecule has 1 aromatic carbocycles. The average molecular weight is 430 g/mol. The fourth-order valence-electron chi connectivity index (χ4n) is 3.94. The molecule has 4 rings (SSSR count). The van der Waals surface area contributed by atoms with Crippen molar-refractivity contribution in [2.75, 3.05) is 49.1 Å². The van der Waals surface area contributed by atoms with Gasteiger partial charge in [-0.15, -0.1) is 0 Å². The monoisotopic (exact) mass is 429 g/mol. The van der Waals surface area contributed by atoms with E-state index in [2.05, 4.69) is 14.8 Å². The lowest BCUT2D eigenvalue weighted by molar-refractivity contribution is 0.101. The number of rotatable bonds is 5. The molecule has 2 aromatic rings. The Hall–Kier alpha value is -2.52. The molecule has 0 spiro atoms. The normalized spacial score (nSPS) is 18.1. The van der Waals surface area contributed by atoms with E-state index in [0.717, 1.165) is 43.4 Å². The molecule has 1 aromatic heterocycles. The van der Waals surface area contributed by atoms with Gasteiger partial charge in [-0.05, 0) is 38.8 Å². The quantitative estimate of drug-likeness (QED) is 0.673. The summed E-state index contributed by atoms with van der Waals surface area (Å²) in [4.78, 5) is 25.4. The van der Waals surface area contributed by atoms with E-state index in [0.29, 0.717) is 31.7 Å². The summed E-state index contributed by atoms with van der Waals surface area (Å²) in [7, 11) is -3.64. The molecular formula is C21H27N5O3S. The van der Waals surface area contributed by atoms with E-state index in [1.165, 1.54) is 17.3 Å². The van der Waals surface area contributed by atoms with Gasteiger partial charge in [0.1, 0.15) is 5.82 Å². The standard InChI is InChI=1S/C21H27N5O3S/c1-16-14-20(23-21(22-16)25-8-3-4-9-25)24-10-12-26(13-11-24)30(28,29)19-7-5-6-18(15-19)17(2)27/h5-7,14-15H,3-4,8-13H2,1-2H3. The lowest BCUT2D eigenvalue weighted by atomic mass is 10.2. The summed E-state index contributed by atoms with van der Waals surface area (Å²) in [5.74, 6) is 1.46. The van der Waals surface area contributed by atoms with Crippen molar-refractivity contribution in [2.45, 2.75) is 31.6 Å². The van der Waals surface area contributed by atoms with Crippen molar-refractivity contribution < 1.29 is 13.2 Å². The number of nitrogens with zero attached hydrogens (tertiary/aromatic N) is 5. The fourth-order valence-corrected chi connectivity index (χ4v) is 5.41. The molecule has 160 valence electrons. The maximum absolute atomic E-state index is 13.1. The van der Waals surface area contributed by atoms with Crippen molar-refractivity contribution in [2.24, 2.45) is 0 Å². The Bertz CT molecular complexity index is 1040. The van der Waals surface area contributed by atoms with Crippen LogP contribution in [-0.4, -0.2) is 67.7 Å². The van der Waals surface area contributed by atoms with Crippen LogP contribution >= 0.6 is 0 Å². The first-order valence-corrected chi connectivity index (χ1v) is 11.8. The number of ketones is 1. The molecule has 0 amide bonds. The van der Waals surface area contributed by atoms with E-state index in [1.807, 2.05) is 13.0 Å². The smallest absolute Gasteiger partial charge is 0.243 e. The Morgan fingerprint density at radius 1 is 0.933 bits per heavy atom. The van der Waals surface area contributed by atoms with E-state index in [4.69, 9.17) is 4.98 Å². The number of piperazine rings is 1. The number of hydrogen-bond donors (Lipinski definition) is 0. The van der Waals surface area contributed by atoms with Gasteiger partial charge in [-0.2, -0.15) is 9.29 Å². The number of sulfonamides is 1. The molecule has 2 fully saturated rings. The first-order chi connectivity index (χ1) is 14.3. The van der Waals surface area contributed by atoms with Crippen molar-refractivity contribution in [3.8, 4) is 0 Å². The summed E-state index contributed by atoms with van der Waals surface area (Å²) >= 11 is 0. The van der Waals surface area contributed by atoms with E-state index in [9.17, 15) is 13.2 Å². The number of carbonyl (C=O) groups is 1. The lowest BCUT2D eigenvalue weighted by Crippen LogP contribution is -2.49. The van der Waals surface area contributed by atoms with Crippen LogP contribution < -0.4 is 9.80 Å². The second-order valence-corrected chi connectivity index (χ2v) is 9.77. The van der Waals surface area contributed by atoms with Crippen molar-refractivity contribution in [1.29, 1.82) is 0 Å². The minimum Gasteiger partial charge on any atom is -0.354 e. The Kier molecular flexibility index (Phi) is 5.75. The molecule has 0 saturated carbocycles. The number of carbonyl (C=O) groups excluding carboxylic acids is 1. The highest BCUT2D eigenvalue weighted by molar-refractivity contribution is 7.89. The van der Waals surface area contributed by atoms with E-state index >= 15 is 0 Å². The third-order valence-electron chi connectivity index (χ3n) is 5.66. The van der Waals surface area contributed by atoms with Gasteiger partial charge in [0, 0.05) is 56.6 Å². The minimum atomic E-state index is -3.64. The maximum atomic E-state index is 13.1. The summed E-state index contributed by atoms with van der Waals surface area (Å²) in [5.41, 5.74) is 1.32. The summed E-state index contributed by atoms with van der Waals surface area (Å²) in [6.45, 7) is 7.22. The van der Waals surface area contributed by atoms with Gasteiger partial charge in [0.25, 0.3) is 0 Å². The van der Waals surface area contributed by atoms with Crippen LogP contribution in [0.25, 0.3) is 0 Å². The number of Topliss-reactive ketones (excluding diaryl/α,β-unsaturated/α-hetero) is 1. The largest absolute Gasteiger partial charge is 0.354 e. The maximum Gasteiger partial charge on any atom is 0.243 e. The van der Waals surface area contributed by atoms with E-state index in [1.54, 1.807) is 18.2 Å². The molecule has 2 aliphatic rings. The van der Waals surface area contributed by atoms with Gasteiger partial charge in [-0.3, -0.25) is 4.79 Å². The molecule has 0 aliphatic carbocycles. The molecule has 0 N–H and O–H groups in total. The van der Waals surface area contributed by atoms with Crippen LogP contribution in [0.2, 0.25) is 0 Å². The number of aryl methyl sites for hydroxylation is 1. The van der Waals surface area contributed by atoms with Crippen molar-refractivity contribution in [1.82, 2.24) is 14.3 Å². The number of hydrogen-bond acceptors (Lipinski definition) is 7. The number of aromatic nitrogens is 2. The van der Waals surface area contributed by atoms with Gasteiger partial charge in [-0.1, -0.05) is 12.1 Å². The van der Waals surface area contributed by atoms with Gasteiger partial charge in [-0.25, -0.2) is 13.4 Å². The summed E-state index contributed by atoms with van der Waals surface area (Å²) in [6, 6.07) is 8.21. The van der Waals surface area contributed by atoms with E-state index in [-0.39, 0.29) is 10.7 Å². The third kappa shape index (κ3) is 4.17. The van der Waals surface area contributed by atoms with Crippen LogP contribution in [0.1, 0.15) is 35.8 Å². The predicted octanol–water partition coefficient (Wildman–Crippen LogP) is 2.10. The SMILES string of the molecule is CC(=O)c1cccc(S(=O)(=O)N2CCN(c3cc(C)nc(N4CCCC4)n3)CC2)c1. The highest BCUT2D eigenvalue weighted by Gasteiger charge is 2.30. The zero-order chi connectivity index (χ0) is 21.3. The molecule has 8 nitrogen and oxygen atoms in total. The highest BCUT2D eigenvalue weighted by Crippen LogP contribution is 2.24. The predicted molar refractivity (Wildman–Crippen MR) is 116 cm³/mol. The Morgan fingerprint density at radius 3 is 2.30 bits per heavy atom. The molecule has 0 radical (unpaired) electrons. The lowest BCUT2D eigenvalue weighted by Gasteiger charge is -2.35. The first kappa shape index (κ1) is 20.7. The number of anilines is 2. The second-order valence-electron chi connectivity index (χ2n) is 7.84. The van der Waals surface area contributed by atoms with Crippen LogP contribution in [0.15, 0.2) is 35.2 Å². The zero-order valence-electron chi connectivity index (χ0n) is 17.4. The molecular weight excluding hydrogens is 402 g/mol. The highest BCUT2D eigenvalue weighted by atomic mass is 32.2. The molecule has 0 atom stereocenters. The Morgan fingerprint density at radius 2 is 1.63 bits per heavy atom. The molecule has 30 heavy (non-hydrogen) atoms. The van der Waals surface area contributed by atoms with Gasteiger partial charge >= 0.3 is 0 Å². The van der Waals surface area contributed by atoms with Crippen LogP contribution in [0.5, 0.6) is 0 Å². The summed E-state index contributed by atoms with van der Waals surface area (Å²) < 4.78 is 27.6. The van der Waals surface area contributed by atoms with Crippen LogP contribution in [-0.2, 0) is 10.0 Å². The van der Waals surface area contributed by atoms with Crippen LogP contribution in [0, 0.1) is 6.92 Å². The molecule has 3 heterocycles. The Labute approximate surface area is 177 Å². The molecule has 9 heteroatoms. The molecule has 0 unspecified atom stereocenters. The Balaban J connectivity index is 1.49. The average Bonchev–Trinajstić information content (AvgIpc) is 3.28. The fraction of sp³-hybridized carbons (Fsp3) is 0.476. The van der Waals surface area contributed by atoms with Gasteiger partial charge in [0.05, 0.1) is 4.90 Å². The molecule has 2 saturated heterocycles. The van der Waals surface area contributed by atoms with Crippen molar-refractivity contribution in [3.63, 3.8) is 0 Å². The molecule has 2 aliphatic heterocycles. The van der Waals surface area contributed by atoms with E-state index < -0.39 is 10.0 Å². The number of benzene rings is 1. The first-order valence-electron chi connectivity index (χ1n) is 10.3. The van der Waals surface area contributed by atoms with Crippen molar-refractivity contribution >= 4 is 27.6 Å². The second kappa shape index (κ2) is 8.31. The van der Waals surface area contributed by atoms with Gasteiger partial charge in [0.15, 0.2) is 5.78 Å². The third-order valence-corrected chi connectivity index (χ3v) is 7.55. The zero-order valence-corrected chi connectivity index (χ0v) is 18.2. The van der Waals surface area contributed by atoms with Crippen molar-refractivity contribution in [3.05, 3.63) is 41.6 Å². The summed E-state index contributed by atoms with van der Waals surface area (Å²) in [6.07, 6.45) is 2.32. The van der Waals surface area contributed by atoms with Crippen LogP contribution in [0.3, 0.4) is 0 Å². The van der Waals surface area contributed by atoms with Crippen LogP contribution in [0.4, 0.5) is 11.8 Å². The topological polar surface area (TPSA) is 86.7 Å². The molecule has 0 bridgehead atoms.